The number of hydrogen-bond donors (Lipinski definition) is 3. The summed E-state index contributed by atoms with van der Waals surface area (Å²) in [6.45, 7) is 12.5. The summed E-state index contributed by atoms with van der Waals surface area (Å²) in [6, 6.07) is 6.89. The minimum absolute atomic E-state index is 0.0576. The van der Waals surface area contributed by atoms with Gasteiger partial charge in [-0.15, -0.1) is 0 Å². The Labute approximate surface area is 218 Å². The number of aromatic nitrogens is 2. The summed E-state index contributed by atoms with van der Waals surface area (Å²) in [5.41, 5.74) is 4.94. The van der Waals surface area contributed by atoms with Gasteiger partial charge in [-0.05, 0) is 75.8 Å². The van der Waals surface area contributed by atoms with E-state index in [0.29, 0.717) is 35.3 Å². The molecule has 198 valence electrons. The van der Waals surface area contributed by atoms with Crippen LogP contribution in [-0.4, -0.2) is 33.3 Å². The molecule has 1 fully saturated rings. The van der Waals surface area contributed by atoms with Gasteiger partial charge < -0.3 is 15.0 Å². The van der Waals surface area contributed by atoms with Crippen LogP contribution in [0, 0.1) is 18.7 Å². The van der Waals surface area contributed by atoms with Crippen molar-refractivity contribution in [3.05, 3.63) is 52.6 Å². The maximum atomic E-state index is 15.5. The van der Waals surface area contributed by atoms with Gasteiger partial charge >= 0.3 is 0 Å². The third kappa shape index (κ3) is 8.18. The molecule has 1 saturated carbocycles. The van der Waals surface area contributed by atoms with E-state index in [1.807, 2.05) is 32.3 Å². The molecule has 2 aromatic carbocycles. The Morgan fingerprint density at radius 3 is 2.56 bits per heavy atom. The number of fused-ring (bicyclic) bond motifs is 1. The van der Waals surface area contributed by atoms with Crippen molar-refractivity contribution in [2.75, 3.05) is 11.9 Å². The van der Waals surface area contributed by atoms with Gasteiger partial charge in [-0.2, -0.15) is 0 Å². The van der Waals surface area contributed by atoms with Crippen LogP contribution < -0.4 is 10.8 Å². The molecule has 1 aliphatic rings. The third-order valence-corrected chi connectivity index (χ3v) is 5.43. The number of aliphatic hydroxyl groups is 1. The normalized spacial score (nSPS) is 12.5. The Morgan fingerprint density at radius 1 is 1.31 bits per heavy atom. The fraction of sp³-hybridized carbons (Fsp3) is 0.481. The highest BCUT2D eigenvalue weighted by Crippen LogP contribution is 2.33. The molecule has 1 heterocycles. The predicted molar refractivity (Wildman–Crippen MR) is 144 cm³/mol. The van der Waals surface area contributed by atoms with Crippen LogP contribution in [0.3, 0.4) is 0 Å². The number of nitrogens with one attached hydrogen (secondary N) is 2. The number of nitrogens with zero attached hydrogens (tertiary/aromatic N) is 2. The van der Waals surface area contributed by atoms with Crippen molar-refractivity contribution in [2.45, 2.75) is 73.5 Å². The van der Waals surface area contributed by atoms with Crippen LogP contribution in [-0.2, 0) is 11.4 Å². The summed E-state index contributed by atoms with van der Waals surface area (Å²) in [5.74, 6) is -0.594. The van der Waals surface area contributed by atoms with E-state index in [1.54, 1.807) is 44.4 Å². The molecule has 1 amide bonds. The lowest BCUT2D eigenvalue weighted by molar-refractivity contribution is 0.0271. The van der Waals surface area contributed by atoms with Crippen LogP contribution in [0.2, 0.25) is 5.02 Å². The smallest absolute Gasteiger partial charge is 0.277 e. The second-order valence-electron chi connectivity index (χ2n) is 8.78. The molecule has 9 heteroatoms. The fourth-order valence-electron chi connectivity index (χ4n) is 3.34. The van der Waals surface area contributed by atoms with Gasteiger partial charge in [0.1, 0.15) is 5.52 Å². The minimum atomic E-state index is -0.580. The maximum absolute atomic E-state index is 15.5. The SMILES string of the molecule is CC.CC(C)O.CCCn1cnc2c(F)c(Nc3ccc(Cl)cc3C)c(C(=O)NOCC3CC3)cc21. The Kier molecular flexibility index (Phi) is 11.6. The van der Waals surface area contributed by atoms with Gasteiger partial charge in [-0.1, -0.05) is 32.4 Å². The lowest BCUT2D eigenvalue weighted by Crippen LogP contribution is -2.26. The van der Waals surface area contributed by atoms with Crippen molar-refractivity contribution < 1.29 is 19.1 Å². The van der Waals surface area contributed by atoms with Crippen LogP contribution in [0.4, 0.5) is 15.8 Å². The van der Waals surface area contributed by atoms with E-state index < -0.39 is 11.7 Å². The highest BCUT2D eigenvalue weighted by molar-refractivity contribution is 6.30. The zero-order chi connectivity index (χ0) is 26.8. The minimum Gasteiger partial charge on any atom is -0.394 e. The highest BCUT2D eigenvalue weighted by Gasteiger charge is 2.24. The summed E-state index contributed by atoms with van der Waals surface area (Å²) < 4.78 is 17.4. The number of rotatable bonds is 8. The van der Waals surface area contributed by atoms with E-state index in [9.17, 15) is 4.79 Å². The lowest BCUT2D eigenvalue weighted by Gasteiger charge is -2.16. The number of anilines is 2. The van der Waals surface area contributed by atoms with E-state index in [2.05, 4.69) is 15.8 Å². The second kappa shape index (κ2) is 14.2. The topological polar surface area (TPSA) is 88.4 Å². The average molecular weight is 521 g/mol. The van der Waals surface area contributed by atoms with Gasteiger partial charge in [0.2, 0.25) is 0 Å². The Balaban J connectivity index is 0.000000694. The van der Waals surface area contributed by atoms with Crippen molar-refractivity contribution in [3.63, 3.8) is 0 Å². The molecule has 1 aliphatic carbocycles. The quantitative estimate of drug-likeness (QED) is 0.285. The molecule has 3 N–H and O–H groups in total. The Hall–Kier alpha value is -2.68. The molecule has 3 aromatic rings. The molecule has 0 atom stereocenters. The Bertz CT molecular complexity index is 1140. The molecule has 0 unspecified atom stereocenters. The fourth-order valence-corrected chi connectivity index (χ4v) is 3.57. The van der Waals surface area contributed by atoms with Crippen LogP contribution in [0.1, 0.15) is 69.8 Å². The largest absolute Gasteiger partial charge is 0.394 e. The van der Waals surface area contributed by atoms with E-state index in [0.717, 1.165) is 24.8 Å². The van der Waals surface area contributed by atoms with Crippen LogP contribution in [0.5, 0.6) is 0 Å². The number of aliphatic hydroxyl groups excluding tert-OH is 1. The standard InChI is InChI=1S/C22H24ClFN4O2.C3H8O.C2H6/c1-3-8-28-12-25-21-18(28)10-16(22(29)27-30-11-14-4-5-14)20(19(21)24)26-17-7-6-15(23)9-13(17)2;1-3(2)4;1-2/h6-7,9-10,12,14,26H,3-5,8,11H2,1-2H3,(H,27,29);3-4H,1-2H3;1-2H3. The summed E-state index contributed by atoms with van der Waals surface area (Å²) in [4.78, 5) is 22.5. The monoisotopic (exact) mass is 520 g/mol. The van der Waals surface area contributed by atoms with Gasteiger partial charge in [0.15, 0.2) is 5.82 Å². The van der Waals surface area contributed by atoms with Crippen molar-refractivity contribution in [1.29, 1.82) is 0 Å². The molecular formula is C27H38ClFN4O3. The number of carbonyl (C=O) groups is 1. The first-order valence-corrected chi connectivity index (χ1v) is 12.9. The van der Waals surface area contributed by atoms with E-state index >= 15 is 4.39 Å². The molecule has 4 rings (SSSR count). The first-order chi connectivity index (χ1) is 17.2. The van der Waals surface area contributed by atoms with Crippen molar-refractivity contribution in [3.8, 4) is 0 Å². The number of aryl methyl sites for hydroxylation is 2. The van der Waals surface area contributed by atoms with Crippen molar-refractivity contribution in [1.82, 2.24) is 15.0 Å². The Morgan fingerprint density at radius 2 is 1.97 bits per heavy atom. The number of benzene rings is 2. The van der Waals surface area contributed by atoms with Gasteiger partial charge in [-0.25, -0.2) is 14.9 Å². The predicted octanol–water partition coefficient (Wildman–Crippen LogP) is 6.78. The average Bonchev–Trinajstić information content (AvgIpc) is 3.57. The number of amides is 1. The van der Waals surface area contributed by atoms with Crippen LogP contribution >= 0.6 is 11.6 Å². The molecule has 0 aliphatic heterocycles. The molecule has 0 bridgehead atoms. The molecule has 36 heavy (non-hydrogen) atoms. The van der Waals surface area contributed by atoms with E-state index in [4.69, 9.17) is 21.5 Å². The summed E-state index contributed by atoms with van der Waals surface area (Å²) in [6.07, 6.45) is 4.51. The number of hydroxylamine groups is 1. The van der Waals surface area contributed by atoms with Gasteiger partial charge in [-0.3, -0.25) is 9.63 Å². The van der Waals surface area contributed by atoms with Crippen molar-refractivity contribution in [2.24, 2.45) is 5.92 Å². The first-order valence-electron chi connectivity index (χ1n) is 12.5. The number of carbonyl (C=O) groups excluding carboxylic acids is 1. The molecule has 1 aromatic heterocycles. The molecule has 0 spiro atoms. The second-order valence-corrected chi connectivity index (χ2v) is 9.22. The zero-order valence-corrected chi connectivity index (χ0v) is 22.7. The van der Waals surface area contributed by atoms with Gasteiger partial charge in [0.25, 0.3) is 5.91 Å². The first kappa shape index (κ1) is 29.5. The maximum Gasteiger partial charge on any atom is 0.277 e. The van der Waals surface area contributed by atoms with Gasteiger partial charge in [0.05, 0.1) is 29.7 Å². The number of halogens is 2. The van der Waals surface area contributed by atoms with E-state index in [1.165, 1.54) is 0 Å². The molecule has 7 nitrogen and oxygen atoms in total. The lowest BCUT2D eigenvalue weighted by atomic mass is 10.1. The summed E-state index contributed by atoms with van der Waals surface area (Å²) in [7, 11) is 0. The summed E-state index contributed by atoms with van der Waals surface area (Å²) in [5, 5.41) is 11.7. The molecule has 0 saturated heterocycles. The molecule has 0 radical (unpaired) electrons. The zero-order valence-electron chi connectivity index (χ0n) is 22.0. The third-order valence-electron chi connectivity index (χ3n) is 5.19. The highest BCUT2D eigenvalue weighted by atomic mass is 35.5. The van der Waals surface area contributed by atoms with Crippen molar-refractivity contribution >= 4 is 39.9 Å². The number of hydrogen-bond acceptors (Lipinski definition) is 5. The summed E-state index contributed by atoms with van der Waals surface area (Å²) >= 11 is 6.04. The van der Waals surface area contributed by atoms with Crippen LogP contribution in [0.25, 0.3) is 11.0 Å². The van der Waals surface area contributed by atoms with E-state index in [-0.39, 0.29) is 22.9 Å². The van der Waals surface area contributed by atoms with Crippen LogP contribution in [0.15, 0.2) is 30.6 Å². The molecular weight excluding hydrogens is 483 g/mol. The van der Waals surface area contributed by atoms with Gasteiger partial charge in [0, 0.05) is 23.4 Å². The number of imidazole rings is 1.